The summed E-state index contributed by atoms with van der Waals surface area (Å²) in [4.78, 5) is 15.1. The molecular formula is C18H26ClNO. The van der Waals surface area contributed by atoms with Gasteiger partial charge >= 0.3 is 0 Å². The van der Waals surface area contributed by atoms with Gasteiger partial charge in [-0.25, -0.2) is 0 Å². The molecule has 0 aromatic heterocycles. The van der Waals surface area contributed by atoms with Gasteiger partial charge in [-0.05, 0) is 42.7 Å². The SMILES string of the molecule is CC(C)(C)c1ccccc1C(=O)N(CCCCl)C1CCC1. The monoisotopic (exact) mass is 307 g/mol. The first-order valence-corrected chi connectivity index (χ1v) is 8.45. The van der Waals surface area contributed by atoms with Crippen LogP contribution in [0.2, 0.25) is 0 Å². The van der Waals surface area contributed by atoms with Crippen molar-refractivity contribution in [1.29, 1.82) is 0 Å². The molecule has 3 heteroatoms. The van der Waals surface area contributed by atoms with Crippen molar-refractivity contribution in [3.8, 4) is 0 Å². The van der Waals surface area contributed by atoms with Gasteiger partial charge in [0.05, 0.1) is 0 Å². The molecule has 1 amide bonds. The van der Waals surface area contributed by atoms with Gasteiger partial charge in [-0.3, -0.25) is 4.79 Å². The van der Waals surface area contributed by atoms with E-state index in [2.05, 4.69) is 31.7 Å². The Hall–Kier alpha value is -1.02. The number of nitrogens with zero attached hydrogens (tertiary/aromatic N) is 1. The number of alkyl halides is 1. The number of carbonyl (C=O) groups is 1. The second-order valence-corrected chi connectivity index (χ2v) is 7.30. The molecule has 1 aromatic carbocycles. The zero-order valence-corrected chi connectivity index (χ0v) is 14.1. The summed E-state index contributed by atoms with van der Waals surface area (Å²) < 4.78 is 0. The Morgan fingerprint density at radius 3 is 2.48 bits per heavy atom. The molecule has 0 bridgehead atoms. The maximum absolute atomic E-state index is 13.0. The van der Waals surface area contributed by atoms with Crippen LogP contribution in [-0.4, -0.2) is 29.3 Å². The summed E-state index contributed by atoms with van der Waals surface area (Å²) in [5.41, 5.74) is 1.96. The van der Waals surface area contributed by atoms with Gasteiger partial charge < -0.3 is 4.90 Å². The van der Waals surface area contributed by atoms with Crippen LogP contribution >= 0.6 is 11.6 Å². The van der Waals surface area contributed by atoms with Gasteiger partial charge in [-0.1, -0.05) is 39.0 Å². The summed E-state index contributed by atoms with van der Waals surface area (Å²) in [5.74, 6) is 0.785. The summed E-state index contributed by atoms with van der Waals surface area (Å²) in [6.45, 7) is 7.24. The molecule has 1 aliphatic rings. The predicted octanol–water partition coefficient (Wildman–Crippen LogP) is 4.61. The van der Waals surface area contributed by atoms with Gasteiger partial charge in [0, 0.05) is 24.0 Å². The molecule has 1 saturated carbocycles. The van der Waals surface area contributed by atoms with Crippen LogP contribution < -0.4 is 0 Å². The van der Waals surface area contributed by atoms with E-state index < -0.39 is 0 Å². The van der Waals surface area contributed by atoms with Crippen molar-refractivity contribution in [2.75, 3.05) is 12.4 Å². The van der Waals surface area contributed by atoms with Gasteiger partial charge in [-0.15, -0.1) is 11.6 Å². The van der Waals surface area contributed by atoms with Crippen molar-refractivity contribution in [2.45, 2.75) is 57.9 Å². The fourth-order valence-electron chi connectivity index (χ4n) is 2.86. The number of carbonyl (C=O) groups excluding carboxylic acids is 1. The molecule has 0 unspecified atom stereocenters. The van der Waals surface area contributed by atoms with Gasteiger partial charge in [-0.2, -0.15) is 0 Å². The van der Waals surface area contributed by atoms with E-state index in [0.717, 1.165) is 36.9 Å². The molecule has 0 aliphatic heterocycles. The van der Waals surface area contributed by atoms with Crippen molar-refractivity contribution in [3.05, 3.63) is 35.4 Å². The molecule has 0 atom stereocenters. The minimum atomic E-state index is -0.0238. The normalized spacial score (nSPS) is 15.6. The number of benzene rings is 1. The van der Waals surface area contributed by atoms with Crippen LogP contribution in [0.3, 0.4) is 0 Å². The zero-order valence-electron chi connectivity index (χ0n) is 13.4. The van der Waals surface area contributed by atoms with Crippen LogP contribution in [0, 0.1) is 0 Å². The average Bonchev–Trinajstić information content (AvgIpc) is 2.39. The molecule has 0 spiro atoms. The predicted molar refractivity (Wildman–Crippen MR) is 89.2 cm³/mol. The number of halogens is 1. The molecule has 2 nitrogen and oxygen atoms in total. The van der Waals surface area contributed by atoms with Gasteiger partial charge in [0.1, 0.15) is 0 Å². The Balaban J connectivity index is 2.28. The third kappa shape index (κ3) is 3.79. The van der Waals surface area contributed by atoms with Crippen LogP contribution in [0.5, 0.6) is 0 Å². The Kier molecular flexibility index (Phi) is 5.32. The average molecular weight is 308 g/mol. The summed E-state index contributed by atoms with van der Waals surface area (Å²) in [6.07, 6.45) is 4.36. The second-order valence-electron chi connectivity index (χ2n) is 6.92. The Labute approximate surface area is 133 Å². The Morgan fingerprint density at radius 1 is 1.29 bits per heavy atom. The number of hydrogen-bond acceptors (Lipinski definition) is 1. The molecule has 0 saturated heterocycles. The van der Waals surface area contributed by atoms with Crippen LogP contribution in [0.4, 0.5) is 0 Å². The lowest BCUT2D eigenvalue weighted by atomic mass is 9.83. The molecule has 2 rings (SSSR count). The molecule has 1 aliphatic carbocycles. The highest BCUT2D eigenvalue weighted by molar-refractivity contribution is 6.17. The lowest BCUT2D eigenvalue weighted by molar-refractivity contribution is 0.0578. The maximum Gasteiger partial charge on any atom is 0.254 e. The van der Waals surface area contributed by atoms with Crippen molar-refractivity contribution in [3.63, 3.8) is 0 Å². The van der Waals surface area contributed by atoms with Crippen molar-refractivity contribution < 1.29 is 4.79 Å². The van der Waals surface area contributed by atoms with E-state index in [1.54, 1.807) is 0 Å². The van der Waals surface area contributed by atoms with Crippen LogP contribution in [0.25, 0.3) is 0 Å². The maximum atomic E-state index is 13.0. The summed E-state index contributed by atoms with van der Waals surface area (Å²) in [6, 6.07) is 8.43. The minimum absolute atomic E-state index is 0.0238. The molecule has 116 valence electrons. The molecule has 0 heterocycles. The largest absolute Gasteiger partial charge is 0.336 e. The lowest BCUT2D eigenvalue weighted by Gasteiger charge is -2.38. The second kappa shape index (κ2) is 6.83. The van der Waals surface area contributed by atoms with Gasteiger partial charge in [0.25, 0.3) is 5.91 Å². The summed E-state index contributed by atoms with van der Waals surface area (Å²) >= 11 is 5.83. The zero-order chi connectivity index (χ0) is 15.5. The third-order valence-electron chi connectivity index (χ3n) is 4.27. The molecule has 1 fully saturated rings. The smallest absolute Gasteiger partial charge is 0.254 e. The highest BCUT2D eigenvalue weighted by atomic mass is 35.5. The van der Waals surface area contributed by atoms with Crippen LogP contribution in [0.15, 0.2) is 24.3 Å². The molecule has 0 radical (unpaired) electrons. The van der Waals surface area contributed by atoms with Gasteiger partial charge in [0.15, 0.2) is 0 Å². The third-order valence-corrected chi connectivity index (χ3v) is 4.54. The van der Waals surface area contributed by atoms with E-state index in [0.29, 0.717) is 11.9 Å². The fraction of sp³-hybridized carbons (Fsp3) is 0.611. The Morgan fingerprint density at radius 2 is 1.95 bits per heavy atom. The highest BCUT2D eigenvalue weighted by Crippen LogP contribution is 2.30. The van der Waals surface area contributed by atoms with Crippen molar-refractivity contribution in [2.24, 2.45) is 0 Å². The number of hydrogen-bond donors (Lipinski definition) is 0. The molecule has 21 heavy (non-hydrogen) atoms. The fourth-order valence-corrected chi connectivity index (χ4v) is 2.98. The topological polar surface area (TPSA) is 20.3 Å². The lowest BCUT2D eigenvalue weighted by Crippen LogP contribution is -2.45. The van der Waals surface area contributed by atoms with E-state index in [-0.39, 0.29) is 11.3 Å². The highest BCUT2D eigenvalue weighted by Gasteiger charge is 2.31. The standard InChI is InChI=1S/C18H26ClNO/c1-18(2,3)16-11-5-4-10-15(16)17(21)20(13-7-12-19)14-8-6-9-14/h4-5,10-11,14H,6-9,12-13H2,1-3H3. The van der Waals surface area contributed by atoms with E-state index in [1.807, 2.05) is 18.2 Å². The quantitative estimate of drug-likeness (QED) is 0.728. The van der Waals surface area contributed by atoms with E-state index in [9.17, 15) is 4.79 Å². The number of rotatable bonds is 5. The minimum Gasteiger partial charge on any atom is -0.336 e. The van der Waals surface area contributed by atoms with E-state index in [1.165, 1.54) is 6.42 Å². The first-order chi connectivity index (χ1) is 9.95. The van der Waals surface area contributed by atoms with Crippen LogP contribution in [0.1, 0.15) is 62.4 Å². The number of amides is 1. The van der Waals surface area contributed by atoms with E-state index in [4.69, 9.17) is 11.6 Å². The van der Waals surface area contributed by atoms with Crippen molar-refractivity contribution >= 4 is 17.5 Å². The van der Waals surface area contributed by atoms with Crippen molar-refractivity contribution in [1.82, 2.24) is 4.90 Å². The molecule has 0 N–H and O–H groups in total. The summed E-state index contributed by atoms with van der Waals surface area (Å²) in [7, 11) is 0. The first kappa shape index (κ1) is 16.4. The van der Waals surface area contributed by atoms with E-state index >= 15 is 0 Å². The first-order valence-electron chi connectivity index (χ1n) is 7.91. The molecular weight excluding hydrogens is 282 g/mol. The molecule has 1 aromatic rings. The van der Waals surface area contributed by atoms with Crippen LogP contribution in [-0.2, 0) is 5.41 Å². The Bertz CT molecular complexity index is 488. The summed E-state index contributed by atoms with van der Waals surface area (Å²) in [5, 5.41) is 0. The van der Waals surface area contributed by atoms with Gasteiger partial charge in [0.2, 0.25) is 0 Å².